The third-order valence-electron chi connectivity index (χ3n) is 6.25. The smallest absolute Gasteiger partial charge is 0.410 e. The SMILES string of the molecule is CC1CN(C(=O)c2nc(Nc3cc(C4CC4)[nH]n3)c3cc(I)ccc3n2)CCN1C(=O)OC(C)(C)C. The highest BCUT2D eigenvalue weighted by atomic mass is 127. The van der Waals surface area contributed by atoms with Crippen LogP contribution in [0.4, 0.5) is 16.4 Å². The molecule has 2 amide bonds. The summed E-state index contributed by atoms with van der Waals surface area (Å²) in [6.45, 7) is 8.57. The first-order chi connectivity index (χ1) is 17.1. The van der Waals surface area contributed by atoms with Crippen LogP contribution in [-0.4, -0.2) is 73.2 Å². The monoisotopic (exact) mass is 603 g/mol. The van der Waals surface area contributed by atoms with E-state index in [4.69, 9.17) is 4.74 Å². The average Bonchev–Trinajstić information content (AvgIpc) is 3.56. The van der Waals surface area contributed by atoms with Gasteiger partial charge in [0, 0.05) is 52.3 Å². The molecule has 2 fully saturated rings. The van der Waals surface area contributed by atoms with Gasteiger partial charge in [0.05, 0.1) is 5.52 Å². The molecule has 10 nitrogen and oxygen atoms in total. The molecule has 3 aromatic rings. The number of hydrogen-bond acceptors (Lipinski definition) is 7. The maximum atomic E-state index is 13.5. The van der Waals surface area contributed by atoms with Crippen molar-refractivity contribution in [3.8, 4) is 0 Å². The van der Waals surface area contributed by atoms with E-state index in [0.29, 0.717) is 42.7 Å². The topological polar surface area (TPSA) is 116 Å². The van der Waals surface area contributed by atoms with Crippen molar-refractivity contribution in [2.75, 3.05) is 25.0 Å². The standard InChI is InChI=1S/C25H30IN7O3/c1-14-13-32(9-10-33(14)24(35)36-25(2,3)4)23(34)22-27-18-8-7-16(26)11-17(18)21(29-22)28-20-12-19(30-31-20)15-5-6-15/h7-8,11-12,14-15H,5-6,9-10,13H2,1-4H3,(H2,27,28,29,30,31). The molecule has 2 N–H and O–H groups in total. The zero-order chi connectivity index (χ0) is 25.6. The number of ether oxygens (including phenoxy) is 1. The number of aromatic nitrogens is 4. The third kappa shape index (κ3) is 5.40. The highest BCUT2D eigenvalue weighted by molar-refractivity contribution is 14.1. The van der Waals surface area contributed by atoms with E-state index in [-0.39, 0.29) is 23.9 Å². The van der Waals surface area contributed by atoms with E-state index in [1.807, 2.05) is 52.0 Å². The van der Waals surface area contributed by atoms with Gasteiger partial charge in [0.15, 0.2) is 5.82 Å². The molecule has 1 unspecified atom stereocenters. The molecule has 0 spiro atoms. The summed E-state index contributed by atoms with van der Waals surface area (Å²) < 4.78 is 6.56. The van der Waals surface area contributed by atoms with Crippen molar-refractivity contribution in [1.29, 1.82) is 0 Å². The van der Waals surface area contributed by atoms with Gasteiger partial charge in [0.2, 0.25) is 5.82 Å². The van der Waals surface area contributed by atoms with Gasteiger partial charge < -0.3 is 19.9 Å². The number of nitrogens with zero attached hydrogens (tertiary/aromatic N) is 5. The summed E-state index contributed by atoms with van der Waals surface area (Å²) >= 11 is 2.25. The Morgan fingerprint density at radius 2 is 1.94 bits per heavy atom. The van der Waals surface area contributed by atoms with Crippen LogP contribution in [0.15, 0.2) is 24.3 Å². The first kappa shape index (κ1) is 24.7. The zero-order valence-corrected chi connectivity index (χ0v) is 23.0. The van der Waals surface area contributed by atoms with E-state index in [1.165, 1.54) is 12.8 Å². The van der Waals surface area contributed by atoms with Gasteiger partial charge in [-0.3, -0.25) is 9.89 Å². The Balaban J connectivity index is 1.38. The largest absolute Gasteiger partial charge is 0.444 e. The van der Waals surface area contributed by atoms with Crippen LogP contribution in [0.1, 0.15) is 62.8 Å². The molecule has 36 heavy (non-hydrogen) atoms. The molecule has 1 aliphatic carbocycles. The molecule has 1 aromatic carbocycles. The van der Waals surface area contributed by atoms with Gasteiger partial charge in [-0.05, 0) is 81.3 Å². The molecule has 3 heterocycles. The van der Waals surface area contributed by atoms with Crippen molar-refractivity contribution < 1.29 is 14.3 Å². The molecule has 1 atom stereocenters. The number of anilines is 2. The molecule has 0 bridgehead atoms. The summed E-state index contributed by atoms with van der Waals surface area (Å²) in [6, 6.07) is 7.64. The van der Waals surface area contributed by atoms with Crippen molar-refractivity contribution >= 4 is 57.1 Å². The molecule has 2 aromatic heterocycles. The van der Waals surface area contributed by atoms with Crippen LogP contribution < -0.4 is 5.32 Å². The molecule has 11 heteroatoms. The molecule has 190 valence electrons. The van der Waals surface area contributed by atoms with Gasteiger partial charge in [-0.1, -0.05) is 0 Å². The number of benzene rings is 1. The van der Waals surface area contributed by atoms with E-state index in [0.717, 1.165) is 14.7 Å². The highest BCUT2D eigenvalue weighted by Crippen LogP contribution is 2.39. The Labute approximate surface area is 223 Å². The predicted octanol–water partition coefficient (Wildman–Crippen LogP) is 4.66. The van der Waals surface area contributed by atoms with Crippen molar-refractivity contribution in [1.82, 2.24) is 30.0 Å². The van der Waals surface area contributed by atoms with Crippen molar-refractivity contribution in [3.05, 3.63) is 39.4 Å². The lowest BCUT2D eigenvalue weighted by Gasteiger charge is -2.39. The van der Waals surface area contributed by atoms with Gasteiger partial charge in [0.25, 0.3) is 5.91 Å². The quantitative estimate of drug-likeness (QED) is 0.417. The number of carbonyl (C=O) groups is 2. The molecular weight excluding hydrogens is 573 g/mol. The van der Waals surface area contributed by atoms with Crippen LogP contribution in [0.2, 0.25) is 0 Å². The fraction of sp³-hybridized carbons (Fsp3) is 0.480. The third-order valence-corrected chi connectivity index (χ3v) is 6.92. The summed E-state index contributed by atoms with van der Waals surface area (Å²) in [4.78, 5) is 38.6. The number of hydrogen-bond donors (Lipinski definition) is 2. The first-order valence-electron chi connectivity index (χ1n) is 12.2. The second-order valence-electron chi connectivity index (χ2n) is 10.4. The van der Waals surface area contributed by atoms with Crippen LogP contribution in [0.5, 0.6) is 0 Å². The van der Waals surface area contributed by atoms with Gasteiger partial charge in [-0.25, -0.2) is 14.8 Å². The van der Waals surface area contributed by atoms with Crippen molar-refractivity contribution in [3.63, 3.8) is 0 Å². The van der Waals surface area contributed by atoms with E-state index in [9.17, 15) is 9.59 Å². The number of halogens is 1. The summed E-state index contributed by atoms with van der Waals surface area (Å²) in [5.41, 5.74) is 1.21. The second kappa shape index (κ2) is 9.49. The number of carbonyl (C=O) groups excluding carboxylic acids is 2. The predicted molar refractivity (Wildman–Crippen MR) is 144 cm³/mol. The molecule has 5 rings (SSSR count). The molecule has 2 aliphatic rings. The minimum atomic E-state index is -0.572. The van der Waals surface area contributed by atoms with Gasteiger partial charge in [-0.15, -0.1) is 0 Å². The molecule has 1 saturated carbocycles. The molecule has 0 radical (unpaired) electrons. The molecule has 1 saturated heterocycles. The number of aromatic amines is 1. The Hall–Kier alpha value is -2.96. The van der Waals surface area contributed by atoms with Crippen LogP contribution >= 0.6 is 22.6 Å². The lowest BCUT2D eigenvalue weighted by atomic mass is 10.2. The summed E-state index contributed by atoms with van der Waals surface area (Å²) in [5.74, 6) is 1.59. The van der Waals surface area contributed by atoms with Crippen molar-refractivity contribution in [2.45, 2.75) is 58.1 Å². The van der Waals surface area contributed by atoms with E-state index in [1.54, 1.807) is 9.80 Å². The van der Waals surface area contributed by atoms with E-state index in [2.05, 4.69) is 48.1 Å². The number of fused-ring (bicyclic) bond motifs is 1. The minimum Gasteiger partial charge on any atom is -0.444 e. The Kier molecular flexibility index (Phi) is 6.52. The number of piperazine rings is 1. The lowest BCUT2D eigenvalue weighted by molar-refractivity contribution is 0.00182. The highest BCUT2D eigenvalue weighted by Gasteiger charge is 2.34. The maximum Gasteiger partial charge on any atom is 0.410 e. The first-order valence-corrected chi connectivity index (χ1v) is 13.2. The zero-order valence-electron chi connectivity index (χ0n) is 20.8. The normalized spacial score (nSPS) is 18.4. The number of rotatable bonds is 4. The van der Waals surface area contributed by atoms with Crippen LogP contribution in [-0.2, 0) is 4.74 Å². The lowest BCUT2D eigenvalue weighted by Crippen LogP contribution is -2.56. The molecular formula is C25H30IN7O3. The Morgan fingerprint density at radius 1 is 1.17 bits per heavy atom. The van der Waals surface area contributed by atoms with Gasteiger partial charge >= 0.3 is 6.09 Å². The Bertz CT molecular complexity index is 1310. The fourth-order valence-electron chi connectivity index (χ4n) is 4.29. The fourth-order valence-corrected chi connectivity index (χ4v) is 4.78. The Morgan fingerprint density at radius 3 is 2.64 bits per heavy atom. The minimum absolute atomic E-state index is 0.113. The number of amides is 2. The van der Waals surface area contributed by atoms with E-state index >= 15 is 0 Å². The van der Waals surface area contributed by atoms with E-state index < -0.39 is 5.60 Å². The number of H-pyrrole nitrogens is 1. The molecule has 1 aliphatic heterocycles. The summed E-state index contributed by atoms with van der Waals surface area (Å²) in [7, 11) is 0. The van der Waals surface area contributed by atoms with Crippen molar-refractivity contribution in [2.24, 2.45) is 0 Å². The number of nitrogens with one attached hydrogen (secondary N) is 2. The van der Waals surface area contributed by atoms with Crippen LogP contribution in [0, 0.1) is 3.57 Å². The van der Waals surface area contributed by atoms with Gasteiger partial charge in [-0.2, -0.15) is 5.10 Å². The van der Waals surface area contributed by atoms with Gasteiger partial charge in [0.1, 0.15) is 11.4 Å². The van der Waals surface area contributed by atoms with Crippen LogP contribution in [0.3, 0.4) is 0 Å². The second-order valence-corrected chi connectivity index (χ2v) is 11.7. The summed E-state index contributed by atoms with van der Waals surface area (Å²) in [5, 5.41) is 11.6. The van der Waals surface area contributed by atoms with Crippen LogP contribution in [0.25, 0.3) is 10.9 Å². The average molecular weight is 603 g/mol. The summed E-state index contributed by atoms with van der Waals surface area (Å²) in [6.07, 6.45) is 1.98. The maximum absolute atomic E-state index is 13.5.